The molecule has 0 aliphatic carbocycles. The molecule has 0 saturated carbocycles. The van der Waals surface area contributed by atoms with Gasteiger partial charge in [-0.1, -0.05) is 0 Å². The van der Waals surface area contributed by atoms with Gasteiger partial charge in [0.05, 0.1) is 14.2 Å². The molecular weight excluding hydrogens is 605 g/mol. The van der Waals surface area contributed by atoms with Crippen LogP contribution in [0.1, 0.15) is 16.8 Å². The van der Waals surface area contributed by atoms with Crippen LogP contribution in [0, 0.1) is 13.8 Å². The molecule has 0 aromatic carbocycles. The molecule has 0 aliphatic heterocycles. The van der Waals surface area contributed by atoms with Crippen molar-refractivity contribution in [1.29, 1.82) is 0 Å². The van der Waals surface area contributed by atoms with E-state index in [1.165, 1.54) is 23.6 Å². The van der Waals surface area contributed by atoms with Crippen molar-refractivity contribution < 1.29 is 52.7 Å². The summed E-state index contributed by atoms with van der Waals surface area (Å²) in [6, 6.07) is 2.69. The predicted octanol–water partition coefficient (Wildman–Crippen LogP) is -0.545. The number of hydrogen-bond donors (Lipinski definition) is 0. The van der Waals surface area contributed by atoms with Crippen LogP contribution in [0.25, 0.3) is 11.2 Å². The molecule has 0 radical (unpaired) electrons. The van der Waals surface area contributed by atoms with E-state index >= 15 is 0 Å². The molecule has 0 fully saturated rings. The third-order valence-corrected chi connectivity index (χ3v) is 7.20. The molecule has 1 unspecified atom stereocenters. The normalized spacial score (nSPS) is 11.8. The standard InChI is InChI=1S/C22H27IN5O7S/c1-13-11-24-16(14(2)18(13)33-6)12-36(31)20-25-15-7-8-17(32-5)26-19(15)28(20)21(29)27(4)9-10-34-22(30)35-23-3/h7-8,11H,9-10,12H2,1-6H3/q-1. The van der Waals surface area contributed by atoms with Crippen LogP contribution in [0.3, 0.4) is 0 Å². The summed E-state index contributed by atoms with van der Waals surface area (Å²) in [4.78, 5) is 41.2. The molecule has 0 bridgehead atoms. The van der Waals surface area contributed by atoms with Gasteiger partial charge in [0.2, 0.25) is 0 Å². The first-order valence-corrected chi connectivity index (χ1v) is 15.0. The van der Waals surface area contributed by atoms with Crippen molar-refractivity contribution in [2.75, 3.05) is 39.3 Å². The van der Waals surface area contributed by atoms with Gasteiger partial charge < -0.3 is 4.74 Å². The van der Waals surface area contributed by atoms with E-state index in [2.05, 4.69) is 15.0 Å². The zero-order valence-electron chi connectivity index (χ0n) is 20.7. The third-order valence-electron chi connectivity index (χ3n) is 5.18. The topological polar surface area (TPSA) is 135 Å². The number of fused-ring (bicyclic) bond motifs is 1. The number of imidazole rings is 1. The molecule has 196 valence electrons. The van der Waals surface area contributed by atoms with Gasteiger partial charge in [0.15, 0.2) is 0 Å². The molecular formula is C22H27IN5O7S-. The zero-order valence-corrected chi connectivity index (χ0v) is 23.7. The molecule has 0 spiro atoms. The van der Waals surface area contributed by atoms with Gasteiger partial charge in [-0.2, -0.15) is 0 Å². The Hall–Kier alpha value is -3.01. The van der Waals surface area contributed by atoms with Crippen molar-refractivity contribution in [3.05, 3.63) is 35.2 Å². The minimum atomic E-state index is -1.76. The number of halogens is 1. The molecule has 0 aliphatic rings. The van der Waals surface area contributed by atoms with E-state index in [9.17, 15) is 13.8 Å². The summed E-state index contributed by atoms with van der Waals surface area (Å²) >= 11 is -0.711. The maximum absolute atomic E-state index is 13.5. The monoisotopic (exact) mass is 632 g/mol. The van der Waals surface area contributed by atoms with E-state index in [-0.39, 0.29) is 35.6 Å². The number of pyridine rings is 2. The van der Waals surface area contributed by atoms with Gasteiger partial charge in [0.1, 0.15) is 5.75 Å². The molecule has 3 aromatic rings. The van der Waals surface area contributed by atoms with Crippen LogP contribution in [0.2, 0.25) is 0 Å². The van der Waals surface area contributed by atoms with Crippen molar-refractivity contribution in [2.24, 2.45) is 0 Å². The predicted molar refractivity (Wildman–Crippen MR) is 126 cm³/mol. The van der Waals surface area contributed by atoms with E-state index in [0.29, 0.717) is 17.0 Å². The second-order valence-electron chi connectivity index (χ2n) is 7.50. The van der Waals surface area contributed by atoms with Gasteiger partial charge >= 0.3 is 161 Å². The fraction of sp³-hybridized carbons (Fsp3) is 0.409. The zero-order chi connectivity index (χ0) is 26.4. The first kappa shape index (κ1) is 27.6. The Labute approximate surface area is 221 Å². The number of aromatic nitrogens is 4. The molecule has 1 amide bonds. The number of amides is 1. The van der Waals surface area contributed by atoms with Crippen LogP contribution in [0.15, 0.2) is 23.5 Å². The second kappa shape index (κ2) is 12.3. The van der Waals surface area contributed by atoms with E-state index in [0.717, 1.165) is 11.1 Å². The van der Waals surface area contributed by atoms with Crippen LogP contribution < -0.4 is 31.1 Å². The summed E-state index contributed by atoms with van der Waals surface area (Å²) in [6.45, 7) is 3.71. The molecule has 36 heavy (non-hydrogen) atoms. The minimum absolute atomic E-state index is 0.00890. The van der Waals surface area contributed by atoms with E-state index in [1.54, 1.807) is 30.4 Å². The summed E-state index contributed by atoms with van der Waals surface area (Å²) in [5.74, 6) is 0.942. The number of ether oxygens (including phenoxy) is 3. The van der Waals surface area contributed by atoms with Gasteiger partial charge in [0, 0.05) is 17.3 Å². The fourth-order valence-electron chi connectivity index (χ4n) is 3.38. The quantitative estimate of drug-likeness (QED) is 0.172. The van der Waals surface area contributed by atoms with Gasteiger partial charge in [0.25, 0.3) is 0 Å². The Morgan fingerprint density at radius 2 is 1.92 bits per heavy atom. The number of alkyl halides is 1. The Bertz CT molecular complexity index is 1300. The third kappa shape index (κ3) is 6.03. The van der Waals surface area contributed by atoms with Crippen molar-refractivity contribution in [2.45, 2.75) is 24.8 Å². The van der Waals surface area contributed by atoms with Crippen LogP contribution in [0.5, 0.6) is 11.6 Å². The first-order chi connectivity index (χ1) is 17.2. The Morgan fingerprint density at radius 1 is 1.17 bits per heavy atom. The van der Waals surface area contributed by atoms with Crippen LogP contribution in [-0.2, 0) is 24.4 Å². The summed E-state index contributed by atoms with van der Waals surface area (Å²) < 4.78 is 35.2. The molecule has 0 saturated heterocycles. The number of rotatable bonds is 9. The Balaban J connectivity index is 1.95. The summed E-state index contributed by atoms with van der Waals surface area (Å²) in [5, 5.41) is 0.0133. The SMILES string of the molecule is COc1ccc2nc(S(=O)Cc3ncc(C)c(OC)c3C)n(C(=O)N(C)CCOC(=O)O[I-]C)c2n1. The average Bonchev–Trinajstić information content (AvgIpc) is 3.24. The Morgan fingerprint density at radius 3 is 2.58 bits per heavy atom. The molecule has 14 heteroatoms. The molecule has 3 aromatic heterocycles. The van der Waals surface area contributed by atoms with Gasteiger partial charge in [-0.3, -0.25) is 4.98 Å². The van der Waals surface area contributed by atoms with Crippen LogP contribution >= 0.6 is 0 Å². The van der Waals surface area contributed by atoms with Gasteiger partial charge in [-0.15, -0.1) is 0 Å². The number of likely N-dealkylation sites (N-methyl/N-ethyl adjacent to an activating group) is 1. The van der Waals surface area contributed by atoms with E-state index in [4.69, 9.17) is 17.3 Å². The fourth-order valence-corrected chi connectivity index (χ4v) is 5.10. The van der Waals surface area contributed by atoms with Crippen molar-refractivity contribution in [3.63, 3.8) is 0 Å². The second-order valence-corrected chi connectivity index (χ2v) is 10.2. The van der Waals surface area contributed by atoms with Crippen molar-refractivity contribution >= 4 is 34.1 Å². The summed E-state index contributed by atoms with van der Waals surface area (Å²) in [6.07, 6.45) is 0.877. The van der Waals surface area contributed by atoms with Gasteiger partial charge in [-0.25, -0.2) is 0 Å². The van der Waals surface area contributed by atoms with Crippen molar-refractivity contribution in [3.8, 4) is 11.6 Å². The molecule has 12 nitrogen and oxygen atoms in total. The molecule has 0 N–H and O–H groups in total. The Kier molecular flexibility index (Phi) is 9.42. The van der Waals surface area contributed by atoms with E-state index < -0.39 is 44.6 Å². The first-order valence-electron chi connectivity index (χ1n) is 10.6. The maximum atomic E-state index is 13.5. The number of nitrogens with zero attached hydrogens (tertiary/aromatic N) is 5. The molecule has 3 rings (SSSR count). The summed E-state index contributed by atoms with van der Waals surface area (Å²) in [7, 11) is 2.78. The van der Waals surface area contributed by atoms with Crippen molar-refractivity contribution in [1.82, 2.24) is 24.4 Å². The number of methoxy groups -OCH3 is 2. The van der Waals surface area contributed by atoms with Crippen LogP contribution in [-0.4, -0.2) is 80.2 Å². The summed E-state index contributed by atoms with van der Waals surface area (Å²) in [5.41, 5.74) is 2.74. The molecule has 3 heterocycles. The number of aryl methyl sites for hydroxylation is 1. The average molecular weight is 632 g/mol. The van der Waals surface area contributed by atoms with E-state index in [1.807, 2.05) is 13.8 Å². The number of hydrogen-bond acceptors (Lipinski definition) is 10. The van der Waals surface area contributed by atoms with Crippen LogP contribution in [0.4, 0.5) is 9.59 Å². The number of carbonyl (C=O) groups excluding carboxylic acids is 2. The number of carbonyl (C=O) groups is 2. The van der Waals surface area contributed by atoms with Gasteiger partial charge in [-0.05, 0) is 13.8 Å². The molecule has 1 atom stereocenters.